The highest BCUT2D eigenvalue weighted by Gasteiger charge is 2.59. The van der Waals surface area contributed by atoms with Gasteiger partial charge in [-0.05, 0) is 6.42 Å². The second kappa shape index (κ2) is 2.60. The van der Waals surface area contributed by atoms with E-state index in [1.807, 2.05) is 0 Å². The molecule has 1 spiro atoms. The Labute approximate surface area is 78.2 Å². The van der Waals surface area contributed by atoms with Crippen LogP contribution < -0.4 is 0 Å². The number of rotatable bonds is 1. The predicted octanol–water partition coefficient (Wildman–Crippen LogP) is 2.16. The molecule has 2 fully saturated rings. The summed E-state index contributed by atoms with van der Waals surface area (Å²) in [4.78, 5) is 0. The van der Waals surface area contributed by atoms with Gasteiger partial charge >= 0.3 is 0 Å². The molecule has 2 unspecified atom stereocenters. The molecule has 1 aliphatic carbocycles. The van der Waals surface area contributed by atoms with Crippen LogP contribution in [0.3, 0.4) is 0 Å². The lowest BCUT2D eigenvalue weighted by atomic mass is 9.66. The topological polar surface area (TPSA) is 18.5 Å². The molecule has 0 N–H and O–H groups in total. The van der Waals surface area contributed by atoms with Crippen molar-refractivity contribution in [1.29, 1.82) is 0 Å². The SMILES string of the molecule is CC1(C)CCC12OCC(CCl)O2. The Hall–Kier alpha value is 0.210. The molecule has 0 radical (unpaired) electrons. The summed E-state index contributed by atoms with van der Waals surface area (Å²) in [6.07, 6.45) is 2.31. The molecule has 12 heavy (non-hydrogen) atoms. The Morgan fingerprint density at radius 2 is 2.17 bits per heavy atom. The lowest BCUT2D eigenvalue weighted by Gasteiger charge is -2.51. The van der Waals surface area contributed by atoms with Crippen molar-refractivity contribution in [2.75, 3.05) is 12.5 Å². The molecule has 2 rings (SSSR count). The van der Waals surface area contributed by atoms with Crippen LogP contribution in [0.25, 0.3) is 0 Å². The van der Waals surface area contributed by atoms with E-state index in [0.717, 1.165) is 6.42 Å². The van der Waals surface area contributed by atoms with E-state index in [9.17, 15) is 0 Å². The third-order valence-electron chi connectivity index (χ3n) is 3.14. The van der Waals surface area contributed by atoms with E-state index in [-0.39, 0.29) is 17.3 Å². The Bertz CT molecular complexity index is 193. The van der Waals surface area contributed by atoms with Crippen molar-refractivity contribution in [2.45, 2.75) is 38.6 Å². The smallest absolute Gasteiger partial charge is 0.173 e. The van der Waals surface area contributed by atoms with Crippen molar-refractivity contribution in [3.05, 3.63) is 0 Å². The van der Waals surface area contributed by atoms with E-state index in [1.165, 1.54) is 6.42 Å². The summed E-state index contributed by atoms with van der Waals surface area (Å²) >= 11 is 5.70. The maximum atomic E-state index is 5.80. The molecule has 1 heterocycles. The standard InChI is InChI=1S/C9H15ClO2/c1-8(2)3-4-9(8)11-6-7(5-10)12-9/h7H,3-6H2,1-2H3. The largest absolute Gasteiger partial charge is 0.347 e. The maximum Gasteiger partial charge on any atom is 0.173 e. The molecule has 3 heteroatoms. The van der Waals surface area contributed by atoms with E-state index in [0.29, 0.717) is 12.5 Å². The van der Waals surface area contributed by atoms with Crippen LogP contribution in [-0.4, -0.2) is 24.4 Å². The van der Waals surface area contributed by atoms with Gasteiger partial charge in [-0.25, -0.2) is 0 Å². The number of hydrogen-bond acceptors (Lipinski definition) is 2. The van der Waals surface area contributed by atoms with Crippen LogP contribution in [0, 0.1) is 5.41 Å². The quantitative estimate of drug-likeness (QED) is 0.590. The van der Waals surface area contributed by atoms with Crippen LogP contribution >= 0.6 is 11.6 Å². The van der Waals surface area contributed by atoms with Crippen LogP contribution in [0.5, 0.6) is 0 Å². The fourth-order valence-corrected chi connectivity index (χ4v) is 2.11. The van der Waals surface area contributed by atoms with Gasteiger partial charge in [0.05, 0.1) is 18.6 Å². The summed E-state index contributed by atoms with van der Waals surface area (Å²) in [5, 5.41) is 0. The van der Waals surface area contributed by atoms with Crippen molar-refractivity contribution in [1.82, 2.24) is 0 Å². The van der Waals surface area contributed by atoms with Gasteiger partial charge < -0.3 is 9.47 Å². The van der Waals surface area contributed by atoms with Gasteiger partial charge in [-0.1, -0.05) is 13.8 Å². The number of alkyl halides is 1. The first kappa shape index (κ1) is 8.79. The zero-order valence-corrected chi connectivity index (χ0v) is 8.36. The molecule has 0 aromatic rings. The average molecular weight is 191 g/mol. The van der Waals surface area contributed by atoms with Gasteiger partial charge in [0.1, 0.15) is 0 Å². The minimum Gasteiger partial charge on any atom is -0.347 e. The van der Waals surface area contributed by atoms with Crippen molar-refractivity contribution in [3.8, 4) is 0 Å². The summed E-state index contributed by atoms with van der Waals surface area (Å²) in [6.45, 7) is 5.03. The second-order valence-corrected chi connectivity index (χ2v) is 4.65. The Morgan fingerprint density at radius 3 is 2.42 bits per heavy atom. The van der Waals surface area contributed by atoms with Gasteiger partial charge in [0, 0.05) is 11.8 Å². The van der Waals surface area contributed by atoms with E-state index < -0.39 is 0 Å². The first-order valence-corrected chi connectivity index (χ1v) is 5.01. The van der Waals surface area contributed by atoms with Gasteiger partial charge in [0.2, 0.25) is 0 Å². The minimum atomic E-state index is -0.299. The van der Waals surface area contributed by atoms with Crippen LogP contribution in [0.2, 0.25) is 0 Å². The zero-order valence-electron chi connectivity index (χ0n) is 7.60. The number of halogens is 1. The summed E-state index contributed by atoms with van der Waals surface area (Å²) in [7, 11) is 0. The van der Waals surface area contributed by atoms with Gasteiger partial charge in [0.15, 0.2) is 5.79 Å². The maximum absolute atomic E-state index is 5.80. The molecule has 0 amide bonds. The Balaban J connectivity index is 2.06. The van der Waals surface area contributed by atoms with Crippen molar-refractivity contribution >= 4 is 11.6 Å². The van der Waals surface area contributed by atoms with Gasteiger partial charge in [-0.3, -0.25) is 0 Å². The highest BCUT2D eigenvalue weighted by molar-refractivity contribution is 6.18. The van der Waals surface area contributed by atoms with E-state index in [1.54, 1.807) is 0 Å². The average Bonchev–Trinajstić information content (AvgIpc) is 2.48. The predicted molar refractivity (Wildman–Crippen MR) is 47.3 cm³/mol. The summed E-state index contributed by atoms with van der Waals surface area (Å²) in [6, 6.07) is 0. The molecule has 1 saturated carbocycles. The summed E-state index contributed by atoms with van der Waals surface area (Å²) in [5.41, 5.74) is 0.174. The van der Waals surface area contributed by atoms with Gasteiger partial charge in [0.25, 0.3) is 0 Å². The first-order chi connectivity index (χ1) is 5.60. The fourth-order valence-electron chi connectivity index (χ4n) is 1.96. The fraction of sp³-hybridized carbons (Fsp3) is 1.00. The number of hydrogen-bond donors (Lipinski definition) is 0. The third kappa shape index (κ3) is 1.02. The highest BCUT2D eigenvalue weighted by Crippen LogP contribution is 2.55. The monoisotopic (exact) mass is 190 g/mol. The molecule has 0 aromatic heterocycles. The normalized spacial score (nSPS) is 44.8. The molecule has 70 valence electrons. The molecule has 2 aliphatic rings. The molecular weight excluding hydrogens is 176 g/mol. The molecular formula is C9H15ClO2. The van der Waals surface area contributed by atoms with Crippen LogP contribution in [0.1, 0.15) is 26.7 Å². The molecule has 2 atom stereocenters. The molecule has 0 bridgehead atoms. The lowest BCUT2D eigenvalue weighted by Crippen LogP contribution is -2.55. The van der Waals surface area contributed by atoms with Crippen LogP contribution in [0.15, 0.2) is 0 Å². The molecule has 1 aliphatic heterocycles. The first-order valence-electron chi connectivity index (χ1n) is 4.47. The molecule has 1 saturated heterocycles. The third-order valence-corrected chi connectivity index (χ3v) is 3.49. The van der Waals surface area contributed by atoms with Crippen molar-refractivity contribution in [2.24, 2.45) is 5.41 Å². The van der Waals surface area contributed by atoms with E-state index in [2.05, 4.69) is 13.8 Å². The highest BCUT2D eigenvalue weighted by atomic mass is 35.5. The van der Waals surface area contributed by atoms with E-state index >= 15 is 0 Å². The van der Waals surface area contributed by atoms with Crippen molar-refractivity contribution < 1.29 is 9.47 Å². The second-order valence-electron chi connectivity index (χ2n) is 4.34. The van der Waals surface area contributed by atoms with Gasteiger partial charge in [-0.2, -0.15) is 0 Å². The Kier molecular flexibility index (Phi) is 1.90. The molecule has 0 aromatic carbocycles. The van der Waals surface area contributed by atoms with E-state index in [4.69, 9.17) is 21.1 Å². The summed E-state index contributed by atoms with van der Waals surface area (Å²) in [5.74, 6) is 0.240. The zero-order chi connectivity index (χ0) is 8.82. The Morgan fingerprint density at radius 1 is 1.42 bits per heavy atom. The van der Waals surface area contributed by atoms with Crippen LogP contribution in [-0.2, 0) is 9.47 Å². The van der Waals surface area contributed by atoms with Crippen molar-refractivity contribution in [3.63, 3.8) is 0 Å². The number of ether oxygens (including phenoxy) is 2. The van der Waals surface area contributed by atoms with Crippen LogP contribution in [0.4, 0.5) is 0 Å². The lowest BCUT2D eigenvalue weighted by molar-refractivity contribution is -0.291. The van der Waals surface area contributed by atoms with Gasteiger partial charge in [-0.15, -0.1) is 11.6 Å². The molecule has 2 nitrogen and oxygen atoms in total. The summed E-state index contributed by atoms with van der Waals surface area (Å²) < 4.78 is 11.5. The minimum absolute atomic E-state index is 0.103.